The minimum Gasteiger partial charge on any atom is -0.484 e. The van der Waals surface area contributed by atoms with Crippen LogP contribution in [0.15, 0.2) is 48.5 Å². The number of benzene rings is 2. The lowest BCUT2D eigenvalue weighted by molar-refractivity contribution is -0.118. The molecule has 0 heterocycles. The fraction of sp³-hybridized carbons (Fsp3) is 0.333. The molecule has 0 aliphatic rings. The summed E-state index contributed by atoms with van der Waals surface area (Å²) in [6.45, 7) is 4.39. The van der Waals surface area contributed by atoms with Crippen molar-refractivity contribution < 1.29 is 19.1 Å². The molecule has 5 heteroatoms. The lowest BCUT2D eigenvalue weighted by atomic mass is 10.1. The Balaban J connectivity index is 1.81. The number of nitrogens with one attached hydrogen (secondary N) is 1. The third-order valence-corrected chi connectivity index (χ3v) is 3.67. The van der Waals surface area contributed by atoms with Crippen molar-refractivity contribution in [3.05, 3.63) is 59.7 Å². The van der Waals surface area contributed by atoms with E-state index in [9.17, 15) is 9.59 Å². The van der Waals surface area contributed by atoms with E-state index in [-0.39, 0.29) is 18.5 Å². The second-order valence-corrected chi connectivity index (χ2v) is 5.94. The normalized spacial score (nSPS) is 10.2. The third-order valence-electron chi connectivity index (χ3n) is 3.67. The molecular formula is C21H25NO4. The first-order valence-corrected chi connectivity index (χ1v) is 8.91. The molecule has 2 aromatic rings. The van der Waals surface area contributed by atoms with Crippen LogP contribution in [0.1, 0.15) is 42.6 Å². The number of hydrogen-bond donors (Lipinski definition) is 1. The van der Waals surface area contributed by atoms with Gasteiger partial charge in [-0.25, -0.2) is 4.79 Å². The van der Waals surface area contributed by atoms with Gasteiger partial charge in [0.1, 0.15) is 5.75 Å². The Morgan fingerprint density at radius 1 is 0.923 bits per heavy atom. The molecule has 1 N–H and O–H groups in total. The Morgan fingerprint density at radius 3 is 2.23 bits per heavy atom. The summed E-state index contributed by atoms with van der Waals surface area (Å²) in [4.78, 5) is 23.7. The van der Waals surface area contributed by atoms with Gasteiger partial charge in [0.2, 0.25) is 0 Å². The van der Waals surface area contributed by atoms with Gasteiger partial charge in [-0.05, 0) is 54.8 Å². The van der Waals surface area contributed by atoms with Gasteiger partial charge in [0.25, 0.3) is 5.91 Å². The van der Waals surface area contributed by atoms with E-state index in [1.807, 2.05) is 31.2 Å². The lowest BCUT2D eigenvalue weighted by Crippen LogP contribution is -2.20. The fourth-order valence-electron chi connectivity index (χ4n) is 2.35. The maximum atomic E-state index is 12.0. The molecule has 0 atom stereocenters. The van der Waals surface area contributed by atoms with E-state index in [1.165, 1.54) is 5.56 Å². The van der Waals surface area contributed by atoms with Crippen molar-refractivity contribution in [2.75, 3.05) is 18.5 Å². The number of rotatable bonds is 9. The van der Waals surface area contributed by atoms with Crippen LogP contribution in [0, 0.1) is 0 Å². The molecule has 0 aromatic heterocycles. The Hall–Kier alpha value is -2.82. The highest BCUT2D eigenvalue weighted by atomic mass is 16.5. The SMILES string of the molecule is CCCOC(=O)c1ccc(NC(=O)COc2ccc(CCC)cc2)cc1. The number of carbonyl (C=O) groups is 2. The summed E-state index contributed by atoms with van der Waals surface area (Å²) >= 11 is 0. The molecule has 0 aliphatic carbocycles. The molecule has 0 saturated carbocycles. The van der Waals surface area contributed by atoms with E-state index < -0.39 is 0 Å². The Labute approximate surface area is 154 Å². The highest BCUT2D eigenvalue weighted by Gasteiger charge is 2.08. The van der Waals surface area contributed by atoms with Crippen molar-refractivity contribution in [1.29, 1.82) is 0 Å². The van der Waals surface area contributed by atoms with Crippen molar-refractivity contribution in [3.8, 4) is 5.75 Å². The standard InChI is InChI=1S/C21H25NO4/c1-3-5-16-6-12-19(13-7-16)26-15-20(23)22-18-10-8-17(9-11-18)21(24)25-14-4-2/h6-13H,3-5,14-15H2,1-2H3,(H,22,23). The molecule has 2 rings (SSSR count). The van der Waals surface area contributed by atoms with E-state index in [2.05, 4.69) is 12.2 Å². The number of carbonyl (C=O) groups excluding carboxylic acids is 2. The van der Waals surface area contributed by atoms with Gasteiger partial charge in [-0.15, -0.1) is 0 Å². The molecule has 0 fully saturated rings. The molecule has 0 radical (unpaired) electrons. The van der Waals surface area contributed by atoms with Crippen molar-refractivity contribution in [2.24, 2.45) is 0 Å². The van der Waals surface area contributed by atoms with Gasteiger partial charge < -0.3 is 14.8 Å². The predicted octanol–water partition coefficient (Wildman–Crippen LogP) is 4.22. The van der Waals surface area contributed by atoms with Crippen LogP contribution in [0.2, 0.25) is 0 Å². The zero-order valence-electron chi connectivity index (χ0n) is 15.3. The van der Waals surface area contributed by atoms with Gasteiger partial charge in [0.15, 0.2) is 6.61 Å². The maximum absolute atomic E-state index is 12.0. The van der Waals surface area contributed by atoms with Gasteiger partial charge in [0, 0.05) is 5.69 Å². The van der Waals surface area contributed by atoms with Gasteiger partial charge in [-0.3, -0.25) is 4.79 Å². The lowest BCUT2D eigenvalue weighted by Gasteiger charge is -2.09. The largest absolute Gasteiger partial charge is 0.484 e. The van der Waals surface area contributed by atoms with Crippen LogP contribution in [0.4, 0.5) is 5.69 Å². The second-order valence-electron chi connectivity index (χ2n) is 5.94. The average Bonchev–Trinajstić information content (AvgIpc) is 2.66. The number of esters is 1. The van der Waals surface area contributed by atoms with Crippen molar-refractivity contribution in [3.63, 3.8) is 0 Å². The number of ether oxygens (including phenoxy) is 2. The van der Waals surface area contributed by atoms with E-state index in [1.54, 1.807) is 24.3 Å². The van der Waals surface area contributed by atoms with Crippen LogP contribution < -0.4 is 10.1 Å². The summed E-state index contributed by atoms with van der Waals surface area (Å²) in [7, 11) is 0. The van der Waals surface area contributed by atoms with E-state index in [0.717, 1.165) is 19.3 Å². The fourth-order valence-corrected chi connectivity index (χ4v) is 2.35. The summed E-state index contributed by atoms with van der Waals surface area (Å²) in [5.74, 6) is 0.0394. The minimum absolute atomic E-state index is 0.0760. The van der Waals surface area contributed by atoms with Crippen molar-refractivity contribution in [1.82, 2.24) is 0 Å². The van der Waals surface area contributed by atoms with Crippen molar-refractivity contribution in [2.45, 2.75) is 33.1 Å². The number of aryl methyl sites for hydroxylation is 1. The number of hydrogen-bond acceptors (Lipinski definition) is 4. The zero-order valence-corrected chi connectivity index (χ0v) is 15.3. The van der Waals surface area contributed by atoms with E-state index in [4.69, 9.17) is 9.47 Å². The van der Waals surface area contributed by atoms with Crippen LogP contribution in [-0.2, 0) is 16.0 Å². The Morgan fingerprint density at radius 2 is 1.62 bits per heavy atom. The molecule has 5 nitrogen and oxygen atoms in total. The monoisotopic (exact) mass is 355 g/mol. The smallest absolute Gasteiger partial charge is 0.338 e. The zero-order chi connectivity index (χ0) is 18.8. The van der Waals surface area contributed by atoms with E-state index in [0.29, 0.717) is 23.6 Å². The highest BCUT2D eigenvalue weighted by Crippen LogP contribution is 2.14. The third kappa shape index (κ3) is 6.24. The van der Waals surface area contributed by atoms with Gasteiger partial charge >= 0.3 is 5.97 Å². The molecular weight excluding hydrogens is 330 g/mol. The molecule has 0 saturated heterocycles. The van der Waals surface area contributed by atoms with Crippen LogP contribution >= 0.6 is 0 Å². The molecule has 0 bridgehead atoms. The molecule has 2 aromatic carbocycles. The first-order chi connectivity index (χ1) is 12.6. The molecule has 0 aliphatic heterocycles. The predicted molar refractivity (Wildman–Crippen MR) is 102 cm³/mol. The van der Waals surface area contributed by atoms with Crippen LogP contribution in [0.25, 0.3) is 0 Å². The van der Waals surface area contributed by atoms with Gasteiger partial charge in [-0.1, -0.05) is 32.4 Å². The topological polar surface area (TPSA) is 64.6 Å². The number of anilines is 1. The molecule has 26 heavy (non-hydrogen) atoms. The van der Waals surface area contributed by atoms with E-state index >= 15 is 0 Å². The van der Waals surface area contributed by atoms with Crippen LogP contribution in [0.5, 0.6) is 5.75 Å². The summed E-state index contributed by atoms with van der Waals surface area (Å²) in [5, 5.41) is 2.74. The Bertz CT molecular complexity index is 708. The van der Waals surface area contributed by atoms with Crippen LogP contribution in [-0.4, -0.2) is 25.1 Å². The molecule has 138 valence electrons. The summed E-state index contributed by atoms with van der Waals surface area (Å²) < 4.78 is 10.6. The second kappa shape index (κ2) is 10.2. The average molecular weight is 355 g/mol. The molecule has 1 amide bonds. The quantitative estimate of drug-likeness (QED) is 0.684. The first kappa shape index (κ1) is 19.5. The van der Waals surface area contributed by atoms with Crippen molar-refractivity contribution >= 4 is 17.6 Å². The molecule has 0 unspecified atom stereocenters. The van der Waals surface area contributed by atoms with Gasteiger partial charge in [-0.2, -0.15) is 0 Å². The highest BCUT2D eigenvalue weighted by molar-refractivity contribution is 5.93. The number of amides is 1. The van der Waals surface area contributed by atoms with Crippen LogP contribution in [0.3, 0.4) is 0 Å². The first-order valence-electron chi connectivity index (χ1n) is 8.91. The van der Waals surface area contributed by atoms with Gasteiger partial charge in [0.05, 0.1) is 12.2 Å². The summed E-state index contributed by atoms with van der Waals surface area (Å²) in [5.41, 5.74) is 2.31. The summed E-state index contributed by atoms with van der Waals surface area (Å²) in [6.07, 6.45) is 2.90. The Kier molecular flexibility index (Phi) is 7.68. The molecule has 0 spiro atoms. The summed E-state index contributed by atoms with van der Waals surface area (Å²) in [6, 6.07) is 14.3. The minimum atomic E-state index is -0.362. The maximum Gasteiger partial charge on any atom is 0.338 e.